The number of carbonyl (C=O) groups is 1. The molecule has 84 valence electrons. The summed E-state index contributed by atoms with van der Waals surface area (Å²) in [5, 5.41) is 3.01. The Kier molecular flexibility index (Phi) is 2.08. The first-order valence-corrected chi connectivity index (χ1v) is 5.20. The van der Waals surface area contributed by atoms with Crippen LogP contribution in [0.25, 0.3) is 6.08 Å². The van der Waals surface area contributed by atoms with Gasteiger partial charge in [0, 0.05) is 23.1 Å². The third-order valence-electron chi connectivity index (χ3n) is 2.66. The lowest BCUT2D eigenvalue weighted by molar-refractivity contribution is 0.104. The quantitative estimate of drug-likeness (QED) is 0.737. The number of ketones is 1. The predicted molar refractivity (Wildman–Crippen MR) is 63.1 cm³/mol. The number of nitrogens with one attached hydrogen (secondary N) is 2. The van der Waals surface area contributed by atoms with Gasteiger partial charge in [0.25, 0.3) is 0 Å². The minimum atomic E-state index is -0.347. The molecule has 0 fully saturated rings. The third kappa shape index (κ3) is 1.63. The van der Waals surface area contributed by atoms with Crippen molar-refractivity contribution in [2.45, 2.75) is 0 Å². The summed E-state index contributed by atoms with van der Waals surface area (Å²) in [4.78, 5) is 14.7. The lowest BCUT2D eigenvalue weighted by atomic mass is 10.1. The maximum Gasteiger partial charge on any atom is 0.211 e. The number of aromatic amines is 1. The molecule has 1 aromatic carbocycles. The second-order valence-electron chi connectivity index (χ2n) is 3.83. The van der Waals surface area contributed by atoms with Gasteiger partial charge in [-0.2, -0.15) is 0 Å². The molecule has 0 aliphatic carbocycles. The Morgan fingerprint density at radius 2 is 2.06 bits per heavy atom. The number of carbonyl (C=O) groups excluding carboxylic acids is 1. The monoisotopic (exact) mass is 228 g/mol. The van der Waals surface area contributed by atoms with E-state index in [1.165, 1.54) is 12.3 Å². The van der Waals surface area contributed by atoms with Gasteiger partial charge in [-0.25, -0.2) is 4.39 Å². The standard InChI is InChI=1S/C13H9FN2O/c14-8-5-9(15-7-8)6-12-13(17)10-3-1-2-4-11(10)16-12/h1-7,15-16H/b12-6+. The number of hydrogen-bond acceptors (Lipinski definition) is 2. The Morgan fingerprint density at radius 1 is 1.24 bits per heavy atom. The Hall–Kier alpha value is -2.36. The fraction of sp³-hybridized carbons (Fsp3) is 0. The summed E-state index contributed by atoms with van der Waals surface area (Å²) in [7, 11) is 0. The number of Topliss-reactive ketones (excluding diaryl/α,β-unsaturated/α-hetero) is 1. The van der Waals surface area contributed by atoms with Crippen LogP contribution >= 0.6 is 0 Å². The highest BCUT2D eigenvalue weighted by Crippen LogP contribution is 2.28. The number of rotatable bonds is 1. The van der Waals surface area contributed by atoms with Crippen molar-refractivity contribution in [3.63, 3.8) is 0 Å². The van der Waals surface area contributed by atoms with Gasteiger partial charge in [0.15, 0.2) is 0 Å². The number of fused-ring (bicyclic) bond motifs is 1. The van der Waals surface area contributed by atoms with Crippen LogP contribution in [-0.4, -0.2) is 10.8 Å². The zero-order valence-corrected chi connectivity index (χ0v) is 8.83. The molecule has 0 amide bonds. The summed E-state index contributed by atoms with van der Waals surface area (Å²) in [6.07, 6.45) is 2.85. The van der Waals surface area contributed by atoms with E-state index in [0.717, 1.165) is 5.69 Å². The molecule has 4 heteroatoms. The highest BCUT2D eigenvalue weighted by atomic mass is 19.1. The van der Waals surface area contributed by atoms with E-state index in [9.17, 15) is 9.18 Å². The van der Waals surface area contributed by atoms with Crippen molar-refractivity contribution in [3.05, 3.63) is 59.3 Å². The van der Waals surface area contributed by atoms with Gasteiger partial charge in [-0.1, -0.05) is 12.1 Å². The number of aromatic nitrogens is 1. The average Bonchev–Trinajstić information content (AvgIpc) is 2.86. The number of benzene rings is 1. The van der Waals surface area contributed by atoms with Gasteiger partial charge in [-0.3, -0.25) is 4.79 Å². The first kappa shape index (κ1) is 9.84. The first-order chi connectivity index (χ1) is 8.24. The lowest BCUT2D eigenvalue weighted by Gasteiger charge is -1.96. The van der Waals surface area contributed by atoms with Crippen LogP contribution in [0.3, 0.4) is 0 Å². The third-order valence-corrected chi connectivity index (χ3v) is 2.66. The van der Waals surface area contributed by atoms with Gasteiger partial charge in [0.2, 0.25) is 5.78 Å². The molecule has 3 rings (SSSR count). The van der Waals surface area contributed by atoms with Crippen LogP contribution in [0, 0.1) is 5.82 Å². The Bertz CT molecular complexity index is 628. The van der Waals surface area contributed by atoms with Gasteiger partial charge in [-0.05, 0) is 24.3 Å². The molecule has 1 aromatic heterocycles. The zero-order valence-electron chi connectivity index (χ0n) is 8.83. The molecule has 0 bridgehead atoms. The Labute approximate surface area is 97.0 Å². The van der Waals surface area contributed by atoms with Gasteiger partial charge in [0.1, 0.15) is 5.82 Å². The van der Waals surface area contributed by atoms with E-state index in [2.05, 4.69) is 10.3 Å². The van der Waals surface area contributed by atoms with Crippen LogP contribution in [0.1, 0.15) is 16.1 Å². The molecule has 17 heavy (non-hydrogen) atoms. The molecule has 0 atom stereocenters. The van der Waals surface area contributed by atoms with E-state index in [1.54, 1.807) is 12.1 Å². The molecule has 0 unspecified atom stereocenters. The molecular formula is C13H9FN2O. The first-order valence-electron chi connectivity index (χ1n) is 5.20. The number of allylic oxidation sites excluding steroid dienone is 1. The molecule has 2 heterocycles. The molecule has 2 N–H and O–H groups in total. The molecule has 0 saturated heterocycles. The summed E-state index contributed by atoms with van der Waals surface area (Å²) in [6, 6.07) is 8.61. The fourth-order valence-corrected chi connectivity index (χ4v) is 1.86. The molecule has 0 spiro atoms. The Balaban J connectivity index is 1.99. The van der Waals surface area contributed by atoms with E-state index in [4.69, 9.17) is 0 Å². The number of halogens is 1. The number of para-hydroxylation sites is 1. The van der Waals surface area contributed by atoms with Gasteiger partial charge in [0.05, 0.1) is 5.70 Å². The number of H-pyrrole nitrogens is 1. The van der Waals surface area contributed by atoms with Crippen LogP contribution in [0.5, 0.6) is 0 Å². The van der Waals surface area contributed by atoms with Crippen molar-refractivity contribution >= 4 is 17.5 Å². The highest BCUT2D eigenvalue weighted by Gasteiger charge is 2.23. The van der Waals surface area contributed by atoms with E-state index in [1.807, 2.05) is 18.2 Å². The van der Waals surface area contributed by atoms with Gasteiger partial charge < -0.3 is 10.3 Å². The van der Waals surface area contributed by atoms with Crippen molar-refractivity contribution in [2.75, 3.05) is 5.32 Å². The largest absolute Gasteiger partial charge is 0.359 e. The molecule has 1 aliphatic rings. The topological polar surface area (TPSA) is 44.9 Å². The summed E-state index contributed by atoms with van der Waals surface area (Å²) >= 11 is 0. The van der Waals surface area contributed by atoms with E-state index >= 15 is 0 Å². The van der Waals surface area contributed by atoms with Crippen LogP contribution in [-0.2, 0) is 0 Å². The SMILES string of the molecule is O=C1/C(=C\c2cc(F)c[nH]2)Nc2ccccc21. The molecule has 1 aliphatic heterocycles. The van der Waals surface area contributed by atoms with Crippen LogP contribution in [0.2, 0.25) is 0 Å². The van der Waals surface area contributed by atoms with Crippen molar-refractivity contribution < 1.29 is 9.18 Å². The number of anilines is 1. The molecular weight excluding hydrogens is 219 g/mol. The van der Waals surface area contributed by atoms with Gasteiger partial charge >= 0.3 is 0 Å². The predicted octanol–water partition coefficient (Wildman–Crippen LogP) is 2.80. The summed E-state index contributed by atoms with van der Waals surface area (Å²) in [5.41, 5.74) is 2.45. The minimum absolute atomic E-state index is 0.0735. The van der Waals surface area contributed by atoms with Crippen molar-refractivity contribution in [1.82, 2.24) is 4.98 Å². The van der Waals surface area contributed by atoms with Crippen LogP contribution in [0.15, 0.2) is 42.2 Å². The molecule has 0 saturated carbocycles. The zero-order chi connectivity index (χ0) is 11.8. The average molecular weight is 228 g/mol. The molecule has 2 aromatic rings. The highest BCUT2D eigenvalue weighted by molar-refractivity contribution is 6.20. The van der Waals surface area contributed by atoms with Crippen molar-refractivity contribution in [1.29, 1.82) is 0 Å². The lowest BCUT2D eigenvalue weighted by Crippen LogP contribution is -1.99. The number of hydrogen-bond donors (Lipinski definition) is 2. The second kappa shape index (κ2) is 3.59. The van der Waals surface area contributed by atoms with E-state index < -0.39 is 0 Å². The van der Waals surface area contributed by atoms with Crippen molar-refractivity contribution in [2.24, 2.45) is 0 Å². The maximum absolute atomic E-state index is 12.8. The van der Waals surface area contributed by atoms with E-state index in [0.29, 0.717) is 17.0 Å². The van der Waals surface area contributed by atoms with Crippen LogP contribution in [0.4, 0.5) is 10.1 Å². The molecule has 0 radical (unpaired) electrons. The minimum Gasteiger partial charge on any atom is -0.359 e. The smallest absolute Gasteiger partial charge is 0.211 e. The van der Waals surface area contributed by atoms with E-state index in [-0.39, 0.29) is 11.6 Å². The maximum atomic E-state index is 12.8. The van der Waals surface area contributed by atoms with Gasteiger partial charge in [-0.15, -0.1) is 0 Å². The summed E-state index contributed by atoms with van der Waals surface area (Å²) in [5.74, 6) is -0.421. The normalized spacial score (nSPS) is 16.1. The molecule has 3 nitrogen and oxygen atoms in total. The summed E-state index contributed by atoms with van der Waals surface area (Å²) in [6.45, 7) is 0. The Morgan fingerprint density at radius 3 is 2.76 bits per heavy atom. The summed E-state index contributed by atoms with van der Waals surface area (Å²) < 4.78 is 12.8. The fourth-order valence-electron chi connectivity index (χ4n) is 1.86. The second-order valence-corrected chi connectivity index (χ2v) is 3.83. The van der Waals surface area contributed by atoms with Crippen molar-refractivity contribution in [3.8, 4) is 0 Å². The van der Waals surface area contributed by atoms with Crippen LogP contribution < -0.4 is 5.32 Å².